The van der Waals surface area contributed by atoms with Gasteiger partial charge in [-0.25, -0.2) is 4.79 Å². The van der Waals surface area contributed by atoms with Gasteiger partial charge in [0.05, 0.1) is 0 Å². The quantitative estimate of drug-likeness (QED) is 0.618. The van der Waals surface area contributed by atoms with Crippen molar-refractivity contribution in [3.8, 4) is 0 Å². The number of imide groups is 1. The molecule has 9 heteroatoms. The molecular formula is C29H33N5O4. The molecule has 198 valence electrons. The van der Waals surface area contributed by atoms with E-state index in [4.69, 9.17) is 0 Å². The number of carbonyl (C=O) groups is 4. The summed E-state index contributed by atoms with van der Waals surface area (Å²) < 4.78 is 0. The van der Waals surface area contributed by atoms with Crippen molar-refractivity contribution >= 4 is 29.4 Å². The number of para-hydroxylation sites is 1. The molecule has 9 nitrogen and oxygen atoms in total. The van der Waals surface area contributed by atoms with Crippen molar-refractivity contribution in [3.63, 3.8) is 0 Å². The van der Waals surface area contributed by atoms with Crippen molar-refractivity contribution in [1.82, 2.24) is 20.0 Å². The first-order valence-corrected chi connectivity index (χ1v) is 13.5. The maximum atomic E-state index is 13.0. The Labute approximate surface area is 222 Å². The molecule has 2 aromatic rings. The first-order valence-electron chi connectivity index (χ1n) is 13.5. The first-order chi connectivity index (χ1) is 18.4. The zero-order valence-electron chi connectivity index (χ0n) is 21.7. The number of likely N-dealkylation sites (tertiary alicyclic amines) is 1. The van der Waals surface area contributed by atoms with E-state index in [-0.39, 0.29) is 30.2 Å². The van der Waals surface area contributed by atoms with Crippen LogP contribution in [0.25, 0.3) is 0 Å². The minimum Gasteiger partial charge on any atom is -0.326 e. The molecule has 5 amide bonds. The van der Waals surface area contributed by atoms with Gasteiger partial charge in [0.1, 0.15) is 6.04 Å². The molecule has 38 heavy (non-hydrogen) atoms. The van der Waals surface area contributed by atoms with Crippen molar-refractivity contribution in [2.45, 2.75) is 50.7 Å². The fourth-order valence-corrected chi connectivity index (χ4v) is 6.29. The van der Waals surface area contributed by atoms with Gasteiger partial charge in [0, 0.05) is 50.9 Å². The standard InChI is InChI=1S/C29H33N5O4/c1-31-14-15-33(29(31)38)24-5-3-2-4-21(24)17-32-12-10-19(11-13-32)20-6-7-23-22(16-20)18-34(28(23)37)25-8-9-26(35)30-27(25)36/h2-7,16,19,25H,8-15,17-18H2,1H3,(H,30,35,36). The molecule has 3 fully saturated rings. The fraction of sp³-hybridized carbons (Fsp3) is 0.448. The van der Waals surface area contributed by atoms with Crippen molar-refractivity contribution in [1.29, 1.82) is 0 Å². The lowest BCUT2D eigenvalue weighted by molar-refractivity contribution is -0.136. The minimum absolute atomic E-state index is 0.0578. The van der Waals surface area contributed by atoms with Crippen LogP contribution >= 0.6 is 0 Å². The molecule has 6 rings (SSSR count). The third kappa shape index (κ3) is 4.45. The highest BCUT2D eigenvalue weighted by atomic mass is 16.2. The third-order valence-corrected chi connectivity index (χ3v) is 8.50. The molecule has 0 radical (unpaired) electrons. The summed E-state index contributed by atoms with van der Waals surface area (Å²) in [7, 11) is 1.84. The zero-order chi connectivity index (χ0) is 26.4. The number of urea groups is 1. The van der Waals surface area contributed by atoms with Crippen LogP contribution < -0.4 is 10.2 Å². The van der Waals surface area contributed by atoms with Crippen LogP contribution in [0.5, 0.6) is 0 Å². The van der Waals surface area contributed by atoms with E-state index in [1.165, 1.54) is 11.1 Å². The molecular weight excluding hydrogens is 482 g/mol. The number of benzene rings is 2. The summed E-state index contributed by atoms with van der Waals surface area (Å²) in [5.41, 5.74) is 5.06. The van der Waals surface area contributed by atoms with Gasteiger partial charge in [-0.1, -0.05) is 30.3 Å². The Bertz CT molecular complexity index is 1300. The van der Waals surface area contributed by atoms with Crippen molar-refractivity contribution < 1.29 is 19.2 Å². The lowest BCUT2D eigenvalue weighted by Crippen LogP contribution is -2.52. The molecule has 3 saturated heterocycles. The Kier molecular flexibility index (Phi) is 6.39. The second kappa shape index (κ2) is 9.87. The lowest BCUT2D eigenvalue weighted by Gasteiger charge is -2.33. The Morgan fingerprint density at radius 3 is 2.45 bits per heavy atom. The lowest BCUT2D eigenvalue weighted by atomic mass is 9.87. The molecule has 1 unspecified atom stereocenters. The normalized spacial score (nSPS) is 22.9. The summed E-state index contributed by atoms with van der Waals surface area (Å²) >= 11 is 0. The highest BCUT2D eigenvalue weighted by Gasteiger charge is 2.39. The van der Waals surface area contributed by atoms with Crippen LogP contribution in [0.4, 0.5) is 10.5 Å². The molecule has 1 atom stereocenters. The molecule has 0 bridgehead atoms. The van der Waals surface area contributed by atoms with E-state index in [1.807, 2.05) is 36.2 Å². The largest absolute Gasteiger partial charge is 0.326 e. The summed E-state index contributed by atoms with van der Waals surface area (Å²) in [6.45, 7) is 4.62. The fourth-order valence-electron chi connectivity index (χ4n) is 6.29. The molecule has 0 saturated carbocycles. The van der Waals surface area contributed by atoms with E-state index in [1.54, 1.807) is 9.80 Å². The second-order valence-electron chi connectivity index (χ2n) is 10.9. The molecule has 0 spiro atoms. The third-order valence-electron chi connectivity index (χ3n) is 8.50. The smallest absolute Gasteiger partial charge is 0.324 e. The molecule has 0 aromatic heterocycles. The van der Waals surface area contributed by atoms with Crippen LogP contribution in [-0.2, 0) is 22.7 Å². The van der Waals surface area contributed by atoms with Crippen LogP contribution in [0, 0.1) is 0 Å². The van der Waals surface area contributed by atoms with Gasteiger partial charge in [0.25, 0.3) is 5.91 Å². The van der Waals surface area contributed by atoms with Crippen LogP contribution in [0.1, 0.15) is 58.6 Å². The summed E-state index contributed by atoms with van der Waals surface area (Å²) in [6, 6.07) is 13.8. The number of rotatable bonds is 5. The van der Waals surface area contributed by atoms with Gasteiger partial charge < -0.3 is 9.80 Å². The molecule has 2 aromatic carbocycles. The number of hydrogen-bond donors (Lipinski definition) is 1. The number of carbonyl (C=O) groups excluding carboxylic acids is 4. The molecule has 4 heterocycles. The van der Waals surface area contributed by atoms with Crippen molar-refractivity contribution in [3.05, 3.63) is 64.7 Å². The summed E-state index contributed by atoms with van der Waals surface area (Å²) in [4.78, 5) is 57.2. The predicted molar refractivity (Wildman–Crippen MR) is 142 cm³/mol. The van der Waals surface area contributed by atoms with Gasteiger partial charge in [-0.2, -0.15) is 0 Å². The number of likely N-dealkylation sites (N-methyl/N-ethyl adjacent to an activating group) is 1. The van der Waals surface area contributed by atoms with Crippen LogP contribution in [0.3, 0.4) is 0 Å². The number of amides is 5. The summed E-state index contributed by atoms with van der Waals surface area (Å²) in [5, 5.41) is 2.36. The average molecular weight is 516 g/mol. The number of nitrogens with one attached hydrogen (secondary N) is 1. The second-order valence-corrected chi connectivity index (χ2v) is 10.9. The summed E-state index contributed by atoms with van der Waals surface area (Å²) in [6.07, 6.45) is 2.69. The Balaban J connectivity index is 1.09. The predicted octanol–water partition coefficient (Wildman–Crippen LogP) is 2.70. The van der Waals surface area contributed by atoms with Gasteiger partial charge in [-0.15, -0.1) is 0 Å². The van der Waals surface area contributed by atoms with Crippen molar-refractivity contribution in [2.24, 2.45) is 0 Å². The highest BCUT2D eigenvalue weighted by molar-refractivity contribution is 6.05. The van der Waals surface area contributed by atoms with E-state index >= 15 is 0 Å². The van der Waals surface area contributed by atoms with E-state index in [2.05, 4.69) is 28.4 Å². The Morgan fingerprint density at radius 2 is 1.71 bits per heavy atom. The Hall–Kier alpha value is -3.72. The van der Waals surface area contributed by atoms with Crippen LogP contribution in [0.15, 0.2) is 42.5 Å². The van der Waals surface area contributed by atoms with Gasteiger partial charge in [-0.05, 0) is 67.1 Å². The first kappa shape index (κ1) is 24.6. The number of nitrogens with zero attached hydrogens (tertiary/aromatic N) is 4. The van der Waals surface area contributed by atoms with E-state index in [0.29, 0.717) is 24.4 Å². The number of anilines is 1. The molecule has 0 aliphatic carbocycles. The molecule has 4 aliphatic heterocycles. The van der Waals surface area contributed by atoms with Gasteiger partial charge in [-0.3, -0.25) is 29.5 Å². The van der Waals surface area contributed by atoms with Crippen molar-refractivity contribution in [2.75, 3.05) is 38.1 Å². The Morgan fingerprint density at radius 1 is 0.921 bits per heavy atom. The summed E-state index contributed by atoms with van der Waals surface area (Å²) in [5.74, 6) is -0.361. The molecule has 4 aliphatic rings. The monoisotopic (exact) mass is 515 g/mol. The number of fused-ring (bicyclic) bond motifs is 1. The van der Waals surface area contributed by atoms with Gasteiger partial charge >= 0.3 is 6.03 Å². The highest BCUT2D eigenvalue weighted by Crippen LogP contribution is 2.34. The van der Waals surface area contributed by atoms with E-state index in [0.717, 1.165) is 56.8 Å². The zero-order valence-corrected chi connectivity index (χ0v) is 21.7. The average Bonchev–Trinajstić information content (AvgIpc) is 3.43. The maximum absolute atomic E-state index is 13.0. The number of piperidine rings is 2. The maximum Gasteiger partial charge on any atom is 0.324 e. The van der Waals surface area contributed by atoms with Crippen LogP contribution in [0.2, 0.25) is 0 Å². The van der Waals surface area contributed by atoms with Gasteiger partial charge in [0.15, 0.2) is 0 Å². The van der Waals surface area contributed by atoms with E-state index < -0.39 is 6.04 Å². The SMILES string of the molecule is CN1CCN(c2ccccc2CN2CCC(c3ccc4c(c3)CN(C3CCC(=O)NC3=O)C4=O)CC2)C1=O. The van der Waals surface area contributed by atoms with Crippen LogP contribution in [-0.4, -0.2) is 77.7 Å². The van der Waals surface area contributed by atoms with Gasteiger partial charge in [0.2, 0.25) is 11.8 Å². The minimum atomic E-state index is -0.585. The van der Waals surface area contributed by atoms with E-state index in [9.17, 15) is 19.2 Å². The number of hydrogen-bond acceptors (Lipinski definition) is 5. The molecule has 1 N–H and O–H groups in total. The topological polar surface area (TPSA) is 93.3 Å².